The lowest BCUT2D eigenvalue weighted by atomic mass is 10.2. The zero-order valence-electron chi connectivity index (χ0n) is 15.1. The van der Waals surface area contributed by atoms with Crippen LogP contribution in [0.25, 0.3) is 0 Å². The van der Waals surface area contributed by atoms with E-state index in [0.29, 0.717) is 15.7 Å². The van der Waals surface area contributed by atoms with E-state index in [1.807, 2.05) is 6.07 Å². The summed E-state index contributed by atoms with van der Waals surface area (Å²) < 4.78 is 19.5. The zero-order valence-corrected chi connectivity index (χ0v) is 16.7. The van der Waals surface area contributed by atoms with Crippen LogP contribution in [0, 0.1) is 5.82 Å². The van der Waals surface area contributed by atoms with Crippen LogP contribution < -0.4 is 4.90 Å². The van der Waals surface area contributed by atoms with E-state index in [2.05, 4.69) is 4.98 Å². The fourth-order valence-corrected chi connectivity index (χ4v) is 5.16. The Morgan fingerprint density at radius 1 is 1.29 bits per heavy atom. The second kappa shape index (κ2) is 7.81. The average molecular weight is 416 g/mol. The molecule has 0 bridgehead atoms. The van der Waals surface area contributed by atoms with Crippen molar-refractivity contribution in [3.8, 4) is 0 Å². The number of hydrogen-bond acceptors (Lipinski definition) is 6. The molecule has 0 aliphatic heterocycles. The third-order valence-electron chi connectivity index (χ3n) is 4.44. The number of aryl methyl sites for hydroxylation is 2. The van der Waals surface area contributed by atoms with Gasteiger partial charge in [0.05, 0.1) is 11.4 Å². The number of para-hydroxylation sites is 1. The first-order valence-corrected chi connectivity index (χ1v) is 10.5. The molecule has 0 spiro atoms. The minimum Gasteiger partial charge on any atom is -0.455 e. The maximum Gasteiger partial charge on any atom is 0.348 e. The number of benzene rings is 1. The number of thiazole rings is 1. The largest absolute Gasteiger partial charge is 0.455 e. The minimum absolute atomic E-state index is 0.000909. The molecule has 0 fully saturated rings. The second-order valence-corrected chi connectivity index (χ2v) is 8.39. The summed E-state index contributed by atoms with van der Waals surface area (Å²) in [5, 5.41) is 2.03. The Kier molecular flexibility index (Phi) is 5.23. The molecule has 2 heterocycles. The number of amides is 1. The molecule has 1 amide bonds. The number of esters is 1. The van der Waals surface area contributed by atoms with Crippen molar-refractivity contribution in [2.75, 3.05) is 4.90 Å². The van der Waals surface area contributed by atoms with Gasteiger partial charge in [0.25, 0.3) is 0 Å². The lowest BCUT2D eigenvalue weighted by Crippen LogP contribution is -2.23. The van der Waals surface area contributed by atoms with Crippen LogP contribution in [0.5, 0.6) is 0 Å². The van der Waals surface area contributed by atoms with E-state index in [1.165, 1.54) is 57.1 Å². The molecule has 3 aromatic rings. The molecule has 2 aromatic heterocycles. The highest BCUT2D eigenvalue weighted by atomic mass is 32.1. The molecule has 0 unspecified atom stereocenters. The van der Waals surface area contributed by atoms with Crippen molar-refractivity contribution in [1.29, 1.82) is 0 Å². The molecule has 28 heavy (non-hydrogen) atoms. The highest BCUT2D eigenvalue weighted by molar-refractivity contribution is 7.14. The van der Waals surface area contributed by atoms with Crippen LogP contribution in [-0.2, 0) is 29.0 Å². The van der Waals surface area contributed by atoms with Crippen molar-refractivity contribution < 1.29 is 18.7 Å². The summed E-state index contributed by atoms with van der Waals surface area (Å²) in [5.41, 5.74) is 1.90. The van der Waals surface area contributed by atoms with Crippen molar-refractivity contribution in [3.05, 3.63) is 62.5 Å². The number of halogens is 1. The lowest BCUT2D eigenvalue weighted by molar-refractivity contribution is -0.115. The SMILES string of the molecule is CC(=O)N(c1nc(COC(=O)c2cc3c(s2)CCC3)cs1)c1ccccc1F. The first-order valence-electron chi connectivity index (χ1n) is 8.81. The van der Waals surface area contributed by atoms with E-state index < -0.39 is 5.82 Å². The molecule has 8 heteroatoms. The van der Waals surface area contributed by atoms with Gasteiger partial charge in [0.1, 0.15) is 17.3 Å². The number of thiophene rings is 1. The van der Waals surface area contributed by atoms with Gasteiger partial charge in [0.2, 0.25) is 5.91 Å². The van der Waals surface area contributed by atoms with Gasteiger partial charge in [-0.25, -0.2) is 14.2 Å². The predicted molar refractivity (Wildman–Crippen MR) is 107 cm³/mol. The average Bonchev–Trinajstić information content (AvgIpc) is 3.37. The third-order valence-corrected chi connectivity index (χ3v) is 6.53. The number of rotatable bonds is 5. The maximum absolute atomic E-state index is 14.1. The first kappa shape index (κ1) is 18.8. The van der Waals surface area contributed by atoms with E-state index >= 15 is 0 Å². The monoisotopic (exact) mass is 416 g/mol. The van der Waals surface area contributed by atoms with Gasteiger partial charge in [0, 0.05) is 17.2 Å². The molecule has 0 radical (unpaired) electrons. The first-order chi connectivity index (χ1) is 13.5. The van der Waals surface area contributed by atoms with Gasteiger partial charge in [-0.05, 0) is 43.0 Å². The van der Waals surface area contributed by atoms with Crippen LogP contribution in [0.2, 0.25) is 0 Å². The summed E-state index contributed by atoms with van der Waals surface area (Å²) in [7, 11) is 0. The molecule has 1 aliphatic rings. The van der Waals surface area contributed by atoms with Crippen LogP contribution in [0.1, 0.15) is 39.2 Å². The van der Waals surface area contributed by atoms with Crippen LogP contribution in [0.15, 0.2) is 35.7 Å². The number of hydrogen-bond donors (Lipinski definition) is 0. The summed E-state index contributed by atoms with van der Waals surface area (Å²) >= 11 is 2.69. The number of ether oxygens (including phenoxy) is 1. The second-order valence-electron chi connectivity index (χ2n) is 6.42. The Hall–Kier alpha value is -2.58. The van der Waals surface area contributed by atoms with Crippen LogP contribution in [0.3, 0.4) is 0 Å². The highest BCUT2D eigenvalue weighted by Crippen LogP contribution is 2.32. The topological polar surface area (TPSA) is 59.5 Å². The van der Waals surface area contributed by atoms with Gasteiger partial charge < -0.3 is 4.74 Å². The van der Waals surface area contributed by atoms with Crippen LogP contribution in [-0.4, -0.2) is 16.9 Å². The standard InChI is InChI=1S/C20H17FN2O3S2/c1-12(24)23(16-7-3-2-6-15(16)21)20-22-14(11-27-20)10-26-19(25)18-9-13-5-4-8-17(13)28-18/h2-3,6-7,9,11H,4-5,8,10H2,1H3. The summed E-state index contributed by atoms with van der Waals surface area (Å²) in [6, 6.07) is 7.94. The number of aromatic nitrogens is 1. The predicted octanol–water partition coefficient (Wildman–Crippen LogP) is 4.87. The third kappa shape index (κ3) is 3.70. The molecule has 0 saturated carbocycles. The fourth-order valence-electron chi connectivity index (χ4n) is 3.15. The molecular formula is C20H17FN2O3S2. The molecule has 5 nitrogen and oxygen atoms in total. The number of fused-ring (bicyclic) bond motifs is 1. The van der Waals surface area contributed by atoms with Gasteiger partial charge >= 0.3 is 5.97 Å². The number of carbonyl (C=O) groups is 2. The van der Waals surface area contributed by atoms with Gasteiger partial charge in [-0.15, -0.1) is 22.7 Å². The van der Waals surface area contributed by atoms with Gasteiger partial charge in [-0.1, -0.05) is 12.1 Å². The quantitative estimate of drug-likeness (QED) is 0.557. The Labute approximate surface area is 169 Å². The zero-order chi connectivity index (χ0) is 19.7. The van der Waals surface area contributed by atoms with E-state index in [4.69, 9.17) is 4.74 Å². The minimum atomic E-state index is -0.508. The van der Waals surface area contributed by atoms with Gasteiger partial charge in [0.15, 0.2) is 5.13 Å². The van der Waals surface area contributed by atoms with E-state index in [-0.39, 0.29) is 24.2 Å². The molecule has 0 saturated heterocycles. The Morgan fingerprint density at radius 2 is 2.11 bits per heavy atom. The van der Waals surface area contributed by atoms with E-state index in [9.17, 15) is 14.0 Å². The Bertz CT molecular complexity index is 1020. The van der Waals surface area contributed by atoms with Gasteiger partial charge in [-0.3, -0.25) is 9.69 Å². The fraction of sp³-hybridized carbons (Fsp3) is 0.250. The van der Waals surface area contributed by atoms with E-state index in [1.54, 1.807) is 17.5 Å². The molecule has 4 rings (SSSR count). The van der Waals surface area contributed by atoms with Crippen molar-refractivity contribution in [1.82, 2.24) is 4.98 Å². The highest BCUT2D eigenvalue weighted by Gasteiger charge is 2.22. The van der Waals surface area contributed by atoms with Crippen molar-refractivity contribution in [2.24, 2.45) is 0 Å². The Balaban J connectivity index is 1.46. The molecule has 0 atom stereocenters. The number of nitrogens with zero attached hydrogens (tertiary/aromatic N) is 2. The maximum atomic E-state index is 14.1. The summed E-state index contributed by atoms with van der Waals surface area (Å²) in [5.74, 6) is -1.23. The molecule has 1 aromatic carbocycles. The summed E-state index contributed by atoms with van der Waals surface area (Å²) in [6.07, 6.45) is 3.19. The molecule has 144 valence electrons. The molecule has 0 N–H and O–H groups in total. The summed E-state index contributed by atoms with van der Waals surface area (Å²) in [4.78, 5) is 31.8. The molecular weight excluding hydrogens is 399 g/mol. The normalized spacial score (nSPS) is 12.6. The Morgan fingerprint density at radius 3 is 2.86 bits per heavy atom. The smallest absolute Gasteiger partial charge is 0.348 e. The summed E-state index contributed by atoms with van der Waals surface area (Å²) in [6.45, 7) is 1.35. The lowest BCUT2D eigenvalue weighted by Gasteiger charge is -2.18. The van der Waals surface area contributed by atoms with Crippen molar-refractivity contribution >= 4 is 45.4 Å². The molecule has 1 aliphatic carbocycles. The van der Waals surface area contributed by atoms with E-state index in [0.717, 1.165) is 19.3 Å². The van der Waals surface area contributed by atoms with Crippen molar-refractivity contribution in [2.45, 2.75) is 32.8 Å². The van der Waals surface area contributed by atoms with Crippen LogP contribution >= 0.6 is 22.7 Å². The number of anilines is 2. The van der Waals surface area contributed by atoms with Crippen molar-refractivity contribution in [3.63, 3.8) is 0 Å². The van der Waals surface area contributed by atoms with Crippen LogP contribution in [0.4, 0.5) is 15.2 Å². The number of carbonyl (C=O) groups excluding carboxylic acids is 2. The van der Waals surface area contributed by atoms with Gasteiger partial charge in [-0.2, -0.15) is 0 Å².